The lowest BCUT2D eigenvalue weighted by Crippen LogP contribution is -2.44. The number of sulfone groups is 1. The molecule has 1 aliphatic heterocycles. The van der Waals surface area contributed by atoms with E-state index in [0.29, 0.717) is 17.5 Å². The highest BCUT2D eigenvalue weighted by Crippen LogP contribution is 2.32. The standard InChI is InChI=1S/C18H28N2O2S/c19-14-15-6-4-8-17(12-15)23(21,22)18-9-5-7-16(13-18)20-10-2-1-3-11-20/h4,6,8,12,16,18H,1-3,5,7,9-11,13-14,19H2/t16?,18-/m1/s1. The van der Waals surface area contributed by atoms with Gasteiger partial charge < -0.3 is 10.6 Å². The lowest BCUT2D eigenvalue weighted by Gasteiger charge is -2.39. The molecular formula is C18H28N2O2S. The van der Waals surface area contributed by atoms with Gasteiger partial charge in [-0.05, 0) is 62.9 Å². The molecule has 0 bridgehead atoms. The van der Waals surface area contributed by atoms with E-state index in [4.69, 9.17) is 5.73 Å². The Balaban J connectivity index is 1.76. The quantitative estimate of drug-likeness (QED) is 0.918. The summed E-state index contributed by atoms with van der Waals surface area (Å²) in [5, 5.41) is -0.240. The molecule has 0 amide bonds. The number of benzene rings is 1. The Labute approximate surface area is 140 Å². The van der Waals surface area contributed by atoms with E-state index in [1.165, 1.54) is 19.3 Å². The van der Waals surface area contributed by atoms with Crippen molar-refractivity contribution in [2.75, 3.05) is 13.1 Å². The van der Waals surface area contributed by atoms with Gasteiger partial charge in [-0.25, -0.2) is 8.42 Å². The Morgan fingerprint density at radius 3 is 2.61 bits per heavy atom. The number of rotatable bonds is 4. The van der Waals surface area contributed by atoms with Crippen LogP contribution < -0.4 is 5.73 Å². The van der Waals surface area contributed by atoms with E-state index in [9.17, 15) is 8.42 Å². The number of hydrogen-bond donors (Lipinski definition) is 1. The Bertz CT molecular complexity index is 624. The van der Waals surface area contributed by atoms with E-state index in [-0.39, 0.29) is 5.25 Å². The van der Waals surface area contributed by atoms with Gasteiger partial charge in [-0.15, -0.1) is 0 Å². The van der Waals surface area contributed by atoms with E-state index in [1.807, 2.05) is 6.07 Å². The highest BCUT2D eigenvalue weighted by Gasteiger charge is 2.35. The number of hydrogen-bond acceptors (Lipinski definition) is 4. The molecule has 0 aromatic heterocycles. The molecule has 0 spiro atoms. The topological polar surface area (TPSA) is 63.4 Å². The molecule has 1 aromatic carbocycles. The lowest BCUT2D eigenvalue weighted by atomic mass is 9.92. The zero-order valence-electron chi connectivity index (χ0n) is 13.8. The van der Waals surface area contributed by atoms with E-state index in [0.717, 1.165) is 44.3 Å². The van der Waals surface area contributed by atoms with Crippen molar-refractivity contribution in [1.29, 1.82) is 0 Å². The van der Waals surface area contributed by atoms with E-state index in [1.54, 1.807) is 18.2 Å². The minimum atomic E-state index is -3.25. The first kappa shape index (κ1) is 16.9. The van der Waals surface area contributed by atoms with Gasteiger partial charge in [0.05, 0.1) is 10.1 Å². The van der Waals surface area contributed by atoms with Crippen molar-refractivity contribution >= 4 is 9.84 Å². The van der Waals surface area contributed by atoms with Gasteiger partial charge in [0.25, 0.3) is 0 Å². The predicted molar refractivity (Wildman–Crippen MR) is 93.0 cm³/mol. The van der Waals surface area contributed by atoms with Crippen LogP contribution in [0.2, 0.25) is 0 Å². The molecule has 2 aliphatic rings. The number of piperidine rings is 1. The molecule has 4 nitrogen and oxygen atoms in total. The number of likely N-dealkylation sites (tertiary alicyclic amines) is 1. The van der Waals surface area contributed by atoms with Crippen LogP contribution in [-0.2, 0) is 16.4 Å². The van der Waals surface area contributed by atoms with Crippen LogP contribution in [0.3, 0.4) is 0 Å². The average Bonchev–Trinajstić information content (AvgIpc) is 2.62. The zero-order valence-corrected chi connectivity index (χ0v) is 14.6. The largest absolute Gasteiger partial charge is 0.326 e. The monoisotopic (exact) mass is 336 g/mol. The first-order valence-electron chi connectivity index (χ1n) is 8.88. The van der Waals surface area contributed by atoms with E-state index in [2.05, 4.69) is 4.90 Å². The fourth-order valence-electron chi connectivity index (χ4n) is 4.06. The van der Waals surface area contributed by atoms with Crippen molar-refractivity contribution < 1.29 is 8.42 Å². The van der Waals surface area contributed by atoms with Crippen molar-refractivity contribution in [3.8, 4) is 0 Å². The summed E-state index contributed by atoms with van der Waals surface area (Å²) >= 11 is 0. The molecule has 1 aliphatic carbocycles. The first-order valence-corrected chi connectivity index (χ1v) is 10.4. The maximum Gasteiger partial charge on any atom is 0.181 e. The van der Waals surface area contributed by atoms with Gasteiger partial charge in [-0.3, -0.25) is 0 Å². The third-order valence-electron chi connectivity index (χ3n) is 5.41. The van der Waals surface area contributed by atoms with E-state index < -0.39 is 9.84 Å². The molecule has 5 heteroatoms. The maximum atomic E-state index is 13.0. The van der Waals surface area contributed by atoms with Gasteiger partial charge in [0.15, 0.2) is 9.84 Å². The first-order chi connectivity index (χ1) is 11.1. The Hall–Kier alpha value is -0.910. The van der Waals surface area contributed by atoms with Crippen LogP contribution >= 0.6 is 0 Å². The van der Waals surface area contributed by atoms with Gasteiger partial charge in [-0.1, -0.05) is 25.0 Å². The molecule has 1 aromatic rings. The van der Waals surface area contributed by atoms with Crippen LogP contribution in [0.15, 0.2) is 29.2 Å². The summed E-state index contributed by atoms with van der Waals surface area (Å²) in [6.07, 6.45) is 7.57. The molecule has 1 saturated carbocycles. The molecule has 2 N–H and O–H groups in total. The highest BCUT2D eigenvalue weighted by atomic mass is 32.2. The fraction of sp³-hybridized carbons (Fsp3) is 0.667. The summed E-state index contributed by atoms with van der Waals surface area (Å²) in [5.41, 5.74) is 6.54. The number of nitrogens with zero attached hydrogens (tertiary/aromatic N) is 1. The smallest absolute Gasteiger partial charge is 0.181 e. The summed E-state index contributed by atoms with van der Waals surface area (Å²) in [6, 6.07) is 7.61. The highest BCUT2D eigenvalue weighted by molar-refractivity contribution is 7.92. The molecule has 3 rings (SSSR count). The predicted octanol–water partition coefficient (Wildman–Crippen LogP) is 2.72. The van der Waals surface area contributed by atoms with Gasteiger partial charge in [0.1, 0.15) is 0 Å². The second kappa shape index (κ2) is 7.32. The van der Waals surface area contributed by atoms with Gasteiger partial charge in [0, 0.05) is 12.6 Å². The van der Waals surface area contributed by atoms with Crippen molar-refractivity contribution in [2.45, 2.75) is 67.7 Å². The lowest BCUT2D eigenvalue weighted by molar-refractivity contribution is 0.131. The van der Waals surface area contributed by atoms with Gasteiger partial charge in [0.2, 0.25) is 0 Å². The molecule has 23 heavy (non-hydrogen) atoms. The summed E-state index contributed by atoms with van der Waals surface area (Å²) in [7, 11) is -3.25. The average molecular weight is 337 g/mol. The molecular weight excluding hydrogens is 308 g/mol. The zero-order chi connectivity index (χ0) is 16.3. The minimum Gasteiger partial charge on any atom is -0.326 e. The van der Waals surface area contributed by atoms with Crippen molar-refractivity contribution in [3.05, 3.63) is 29.8 Å². The Kier molecular flexibility index (Phi) is 5.39. The third-order valence-corrected chi connectivity index (χ3v) is 7.62. The minimum absolute atomic E-state index is 0.240. The van der Waals surface area contributed by atoms with Crippen LogP contribution in [0.4, 0.5) is 0 Å². The van der Waals surface area contributed by atoms with Crippen molar-refractivity contribution in [1.82, 2.24) is 4.90 Å². The maximum absolute atomic E-state index is 13.0. The molecule has 2 fully saturated rings. The fourth-order valence-corrected chi connectivity index (χ4v) is 5.98. The SMILES string of the molecule is NCc1cccc(S(=O)(=O)[C@@H]2CCCC(N3CCCCC3)C2)c1. The van der Waals surface area contributed by atoms with Crippen LogP contribution in [0, 0.1) is 0 Å². The van der Waals surface area contributed by atoms with Crippen molar-refractivity contribution in [3.63, 3.8) is 0 Å². The molecule has 0 radical (unpaired) electrons. The third kappa shape index (κ3) is 3.78. The van der Waals surface area contributed by atoms with Crippen LogP contribution in [0.5, 0.6) is 0 Å². The van der Waals surface area contributed by atoms with Gasteiger partial charge in [-0.2, -0.15) is 0 Å². The number of nitrogens with two attached hydrogens (primary N) is 1. The van der Waals surface area contributed by atoms with E-state index >= 15 is 0 Å². The Morgan fingerprint density at radius 2 is 1.87 bits per heavy atom. The molecule has 128 valence electrons. The molecule has 1 saturated heterocycles. The second-order valence-electron chi connectivity index (χ2n) is 6.94. The molecule has 1 unspecified atom stereocenters. The summed E-state index contributed by atoms with van der Waals surface area (Å²) in [5.74, 6) is 0. The van der Waals surface area contributed by atoms with Crippen LogP contribution in [0.1, 0.15) is 50.5 Å². The van der Waals surface area contributed by atoms with Gasteiger partial charge >= 0.3 is 0 Å². The summed E-state index contributed by atoms with van der Waals surface area (Å²) in [4.78, 5) is 2.98. The summed E-state index contributed by atoms with van der Waals surface area (Å²) in [6.45, 7) is 2.66. The Morgan fingerprint density at radius 1 is 1.09 bits per heavy atom. The molecule has 1 heterocycles. The summed E-state index contributed by atoms with van der Waals surface area (Å²) < 4.78 is 26.0. The van der Waals surface area contributed by atoms with Crippen molar-refractivity contribution in [2.24, 2.45) is 5.73 Å². The van der Waals surface area contributed by atoms with Crippen LogP contribution in [-0.4, -0.2) is 37.7 Å². The molecule has 2 atom stereocenters. The normalized spacial score (nSPS) is 27.0. The van der Waals surface area contributed by atoms with Crippen LogP contribution in [0.25, 0.3) is 0 Å². The second-order valence-corrected chi connectivity index (χ2v) is 9.16.